The Labute approximate surface area is 141 Å². The molecule has 0 bridgehead atoms. The average molecular weight is 338 g/mol. The standard InChI is InChI=1S/C17H14N4O2S/c1-11-20-21-14(9-18-16(22)13-7-8-23-10-13)15(19-17(21)24-11)12-5-3-2-4-6-12/h2-8,10H,9H2,1H3,(H,18,22). The second-order valence-corrected chi connectivity index (χ2v) is 6.44. The molecular formula is C17H14N4O2S. The van der Waals surface area contributed by atoms with Crippen molar-refractivity contribution in [2.24, 2.45) is 0 Å². The summed E-state index contributed by atoms with van der Waals surface area (Å²) in [6, 6.07) is 11.5. The molecule has 0 saturated carbocycles. The third-order valence-corrected chi connectivity index (χ3v) is 4.47. The first-order valence-corrected chi connectivity index (χ1v) is 8.25. The van der Waals surface area contributed by atoms with Crippen LogP contribution in [0, 0.1) is 6.92 Å². The maximum absolute atomic E-state index is 12.2. The summed E-state index contributed by atoms with van der Waals surface area (Å²) in [5, 5.41) is 8.34. The number of hydrogen-bond acceptors (Lipinski definition) is 5. The summed E-state index contributed by atoms with van der Waals surface area (Å²) in [5.41, 5.74) is 3.19. The molecule has 3 heterocycles. The van der Waals surface area contributed by atoms with Crippen molar-refractivity contribution in [2.75, 3.05) is 0 Å². The summed E-state index contributed by atoms with van der Waals surface area (Å²) < 4.78 is 6.75. The van der Waals surface area contributed by atoms with Gasteiger partial charge in [0.25, 0.3) is 5.91 Å². The van der Waals surface area contributed by atoms with Gasteiger partial charge in [0.2, 0.25) is 4.96 Å². The Hall–Kier alpha value is -2.93. The summed E-state index contributed by atoms with van der Waals surface area (Å²) in [7, 11) is 0. The monoisotopic (exact) mass is 338 g/mol. The lowest BCUT2D eigenvalue weighted by Gasteiger charge is -2.05. The number of aromatic nitrogens is 3. The van der Waals surface area contributed by atoms with Crippen LogP contribution in [0.3, 0.4) is 0 Å². The molecular weight excluding hydrogens is 324 g/mol. The minimum absolute atomic E-state index is 0.190. The van der Waals surface area contributed by atoms with E-state index >= 15 is 0 Å². The van der Waals surface area contributed by atoms with Gasteiger partial charge in [0, 0.05) is 5.56 Å². The van der Waals surface area contributed by atoms with Gasteiger partial charge in [-0.1, -0.05) is 41.7 Å². The molecule has 1 amide bonds. The maximum Gasteiger partial charge on any atom is 0.254 e. The van der Waals surface area contributed by atoms with Crippen LogP contribution < -0.4 is 5.32 Å². The van der Waals surface area contributed by atoms with Crippen LogP contribution >= 0.6 is 11.3 Å². The molecule has 7 heteroatoms. The molecule has 0 aliphatic rings. The third-order valence-electron chi connectivity index (χ3n) is 3.64. The SMILES string of the molecule is Cc1nn2c(CNC(=O)c3ccoc3)c(-c3ccccc3)nc2s1. The molecule has 1 N–H and O–H groups in total. The molecule has 0 aliphatic heterocycles. The minimum atomic E-state index is -0.190. The number of fused-ring (bicyclic) bond motifs is 1. The van der Waals surface area contributed by atoms with Crippen LogP contribution in [0.2, 0.25) is 0 Å². The molecule has 0 radical (unpaired) electrons. The normalized spacial score (nSPS) is 11.0. The smallest absolute Gasteiger partial charge is 0.254 e. The van der Waals surface area contributed by atoms with Gasteiger partial charge in [0.15, 0.2) is 0 Å². The molecule has 6 nitrogen and oxygen atoms in total. The van der Waals surface area contributed by atoms with Crippen molar-refractivity contribution in [3.63, 3.8) is 0 Å². The lowest BCUT2D eigenvalue weighted by atomic mass is 10.1. The van der Waals surface area contributed by atoms with Crippen molar-refractivity contribution in [3.8, 4) is 11.3 Å². The summed E-state index contributed by atoms with van der Waals surface area (Å²) in [6.45, 7) is 2.27. The van der Waals surface area contributed by atoms with E-state index in [-0.39, 0.29) is 5.91 Å². The van der Waals surface area contributed by atoms with Gasteiger partial charge in [0.05, 0.1) is 29.8 Å². The molecule has 0 saturated heterocycles. The average Bonchev–Trinajstić information content (AvgIpc) is 3.29. The Kier molecular flexibility index (Phi) is 3.62. The van der Waals surface area contributed by atoms with Crippen molar-refractivity contribution in [2.45, 2.75) is 13.5 Å². The highest BCUT2D eigenvalue weighted by atomic mass is 32.1. The van der Waals surface area contributed by atoms with Crippen molar-refractivity contribution >= 4 is 22.2 Å². The first-order valence-electron chi connectivity index (χ1n) is 7.43. The first kappa shape index (κ1) is 14.6. The largest absolute Gasteiger partial charge is 0.472 e. The number of furan rings is 1. The summed E-state index contributed by atoms with van der Waals surface area (Å²) in [5.74, 6) is -0.190. The van der Waals surface area contributed by atoms with E-state index in [2.05, 4.69) is 10.4 Å². The molecule has 120 valence electrons. The van der Waals surface area contributed by atoms with E-state index in [0.717, 1.165) is 26.9 Å². The first-order chi connectivity index (χ1) is 11.7. The van der Waals surface area contributed by atoms with E-state index in [0.29, 0.717) is 12.1 Å². The number of aryl methyl sites for hydroxylation is 1. The van der Waals surface area contributed by atoms with Gasteiger partial charge in [-0.15, -0.1) is 0 Å². The van der Waals surface area contributed by atoms with Gasteiger partial charge in [-0.05, 0) is 13.0 Å². The third kappa shape index (κ3) is 2.59. The van der Waals surface area contributed by atoms with Crippen LogP contribution in [0.5, 0.6) is 0 Å². The molecule has 0 unspecified atom stereocenters. The van der Waals surface area contributed by atoms with Crippen molar-refractivity contribution < 1.29 is 9.21 Å². The molecule has 0 fully saturated rings. The van der Waals surface area contributed by atoms with Crippen LogP contribution in [0.4, 0.5) is 0 Å². The number of imidazole rings is 1. The molecule has 4 aromatic rings. The van der Waals surface area contributed by atoms with Crippen LogP contribution in [0.25, 0.3) is 16.2 Å². The van der Waals surface area contributed by atoms with E-state index in [4.69, 9.17) is 9.40 Å². The van der Waals surface area contributed by atoms with Gasteiger partial charge in [-0.3, -0.25) is 4.79 Å². The van der Waals surface area contributed by atoms with Crippen LogP contribution in [-0.2, 0) is 6.54 Å². The topological polar surface area (TPSA) is 72.4 Å². The highest BCUT2D eigenvalue weighted by Crippen LogP contribution is 2.26. The number of amides is 1. The molecule has 24 heavy (non-hydrogen) atoms. The van der Waals surface area contributed by atoms with E-state index in [1.165, 1.54) is 23.9 Å². The molecule has 0 spiro atoms. The number of benzene rings is 1. The Morgan fingerprint density at radius 2 is 2.12 bits per heavy atom. The van der Waals surface area contributed by atoms with Gasteiger partial charge >= 0.3 is 0 Å². The van der Waals surface area contributed by atoms with Gasteiger partial charge in [-0.2, -0.15) is 5.10 Å². The zero-order valence-electron chi connectivity index (χ0n) is 12.9. The number of nitrogens with one attached hydrogen (secondary N) is 1. The Morgan fingerprint density at radius 1 is 1.29 bits per heavy atom. The quantitative estimate of drug-likeness (QED) is 0.620. The van der Waals surface area contributed by atoms with Crippen molar-refractivity contribution in [3.05, 3.63) is 65.2 Å². The molecule has 1 aromatic carbocycles. The van der Waals surface area contributed by atoms with Crippen LogP contribution in [0.15, 0.2) is 53.3 Å². The van der Waals surface area contributed by atoms with E-state index in [1.807, 2.05) is 37.3 Å². The Bertz CT molecular complexity index is 987. The van der Waals surface area contributed by atoms with Crippen molar-refractivity contribution in [1.82, 2.24) is 19.9 Å². The number of hydrogen-bond donors (Lipinski definition) is 1. The molecule has 3 aromatic heterocycles. The summed E-state index contributed by atoms with van der Waals surface area (Å²) in [6.07, 6.45) is 2.90. The lowest BCUT2D eigenvalue weighted by Crippen LogP contribution is -2.23. The molecule has 0 atom stereocenters. The second-order valence-electron chi connectivity index (χ2n) is 5.28. The highest BCUT2D eigenvalue weighted by Gasteiger charge is 2.18. The zero-order valence-corrected chi connectivity index (χ0v) is 13.7. The minimum Gasteiger partial charge on any atom is -0.472 e. The summed E-state index contributed by atoms with van der Waals surface area (Å²) in [4.78, 5) is 17.7. The zero-order chi connectivity index (χ0) is 16.5. The lowest BCUT2D eigenvalue weighted by molar-refractivity contribution is 0.0949. The van der Waals surface area contributed by atoms with E-state index in [9.17, 15) is 4.79 Å². The number of nitrogens with zero attached hydrogens (tertiary/aromatic N) is 3. The molecule has 0 aliphatic carbocycles. The van der Waals surface area contributed by atoms with Gasteiger partial charge < -0.3 is 9.73 Å². The Morgan fingerprint density at radius 3 is 2.88 bits per heavy atom. The van der Waals surface area contributed by atoms with Gasteiger partial charge in [-0.25, -0.2) is 9.50 Å². The fourth-order valence-electron chi connectivity index (χ4n) is 2.53. The van der Waals surface area contributed by atoms with Crippen LogP contribution in [-0.4, -0.2) is 20.5 Å². The van der Waals surface area contributed by atoms with E-state index in [1.54, 1.807) is 10.6 Å². The molecule has 4 rings (SSSR count). The predicted molar refractivity (Wildman–Crippen MR) is 90.9 cm³/mol. The maximum atomic E-state index is 12.2. The highest BCUT2D eigenvalue weighted by molar-refractivity contribution is 7.16. The second kappa shape index (κ2) is 5.93. The number of carbonyl (C=O) groups is 1. The van der Waals surface area contributed by atoms with E-state index < -0.39 is 0 Å². The van der Waals surface area contributed by atoms with Gasteiger partial charge in [0.1, 0.15) is 11.3 Å². The van der Waals surface area contributed by atoms with Crippen LogP contribution in [0.1, 0.15) is 21.1 Å². The fraction of sp³-hybridized carbons (Fsp3) is 0.118. The number of rotatable bonds is 4. The number of carbonyl (C=O) groups excluding carboxylic acids is 1. The predicted octanol–water partition coefficient (Wildman–Crippen LogP) is 3.29. The van der Waals surface area contributed by atoms with Crippen molar-refractivity contribution in [1.29, 1.82) is 0 Å². The fourth-order valence-corrected chi connectivity index (χ4v) is 3.29. The Balaban J connectivity index is 1.71. The summed E-state index contributed by atoms with van der Waals surface area (Å²) >= 11 is 1.53.